The van der Waals surface area contributed by atoms with E-state index in [1.165, 1.54) is 12.7 Å². The van der Waals surface area contributed by atoms with E-state index in [0.717, 1.165) is 19.4 Å². The Bertz CT molecular complexity index is 664. The van der Waals surface area contributed by atoms with Crippen LogP contribution in [0.15, 0.2) is 29.0 Å². The molecule has 1 saturated heterocycles. The fourth-order valence-corrected chi connectivity index (χ4v) is 4.21. The molecule has 3 rings (SSSR count). The Balaban J connectivity index is 1.90. The molecule has 1 aromatic heterocycles. The van der Waals surface area contributed by atoms with Crippen LogP contribution in [0.5, 0.6) is 5.75 Å². The third-order valence-electron chi connectivity index (χ3n) is 3.89. The molecule has 1 unspecified atom stereocenters. The van der Waals surface area contributed by atoms with Crippen LogP contribution >= 0.6 is 34.5 Å². The van der Waals surface area contributed by atoms with Gasteiger partial charge in [-0.1, -0.05) is 23.2 Å². The maximum absolute atomic E-state index is 12.8. The van der Waals surface area contributed by atoms with Crippen LogP contribution in [0.4, 0.5) is 0 Å². The van der Waals surface area contributed by atoms with Gasteiger partial charge in [-0.25, -0.2) is 0 Å². The van der Waals surface area contributed by atoms with E-state index in [4.69, 9.17) is 27.9 Å². The van der Waals surface area contributed by atoms with Crippen LogP contribution in [0.2, 0.25) is 10.0 Å². The molecule has 3 nitrogen and oxygen atoms in total. The summed E-state index contributed by atoms with van der Waals surface area (Å²) in [5, 5.41) is 4.84. The Hall–Kier alpha value is -1.23. The Morgan fingerprint density at radius 3 is 2.68 bits per heavy atom. The Morgan fingerprint density at radius 1 is 1.36 bits per heavy atom. The number of thiophene rings is 1. The van der Waals surface area contributed by atoms with E-state index < -0.39 is 0 Å². The minimum absolute atomic E-state index is 0.0415. The van der Waals surface area contributed by atoms with Crippen LogP contribution < -0.4 is 4.74 Å². The van der Waals surface area contributed by atoms with Crippen molar-refractivity contribution < 1.29 is 9.53 Å². The van der Waals surface area contributed by atoms with E-state index in [1.54, 1.807) is 23.5 Å². The van der Waals surface area contributed by atoms with Crippen LogP contribution in [-0.2, 0) is 0 Å². The lowest BCUT2D eigenvalue weighted by Crippen LogP contribution is -2.30. The molecule has 22 heavy (non-hydrogen) atoms. The van der Waals surface area contributed by atoms with Crippen LogP contribution in [0.25, 0.3) is 0 Å². The highest BCUT2D eigenvalue weighted by molar-refractivity contribution is 7.08. The molecule has 0 bridgehead atoms. The van der Waals surface area contributed by atoms with Gasteiger partial charge in [0.1, 0.15) is 0 Å². The summed E-state index contributed by atoms with van der Waals surface area (Å²) in [7, 11) is 1.50. The molecule has 0 saturated carbocycles. The van der Waals surface area contributed by atoms with E-state index in [0.29, 0.717) is 21.4 Å². The lowest BCUT2D eigenvalue weighted by atomic mass is 10.1. The van der Waals surface area contributed by atoms with E-state index in [1.807, 2.05) is 10.3 Å². The number of hydrogen-bond donors (Lipinski definition) is 0. The molecule has 1 aromatic carbocycles. The Labute approximate surface area is 143 Å². The van der Waals surface area contributed by atoms with Crippen molar-refractivity contribution in [3.8, 4) is 5.75 Å². The number of methoxy groups -OCH3 is 1. The molecule has 2 aromatic rings. The number of nitrogens with zero attached hydrogens (tertiary/aromatic N) is 1. The Morgan fingerprint density at radius 2 is 2.09 bits per heavy atom. The van der Waals surface area contributed by atoms with Gasteiger partial charge in [0.2, 0.25) is 0 Å². The van der Waals surface area contributed by atoms with Crippen molar-refractivity contribution in [2.45, 2.75) is 18.9 Å². The summed E-state index contributed by atoms with van der Waals surface area (Å²) in [6, 6.07) is 5.46. The van der Waals surface area contributed by atoms with Crippen molar-refractivity contribution in [1.82, 2.24) is 4.90 Å². The van der Waals surface area contributed by atoms with Gasteiger partial charge in [-0.15, -0.1) is 0 Å². The zero-order valence-corrected chi connectivity index (χ0v) is 14.3. The summed E-state index contributed by atoms with van der Waals surface area (Å²) in [6.07, 6.45) is 1.99. The number of rotatable bonds is 3. The van der Waals surface area contributed by atoms with Crippen molar-refractivity contribution >= 4 is 40.4 Å². The number of likely N-dealkylation sites (tertiary alicyclic amines) is 1. The highest BCUT2D eigenvalue weighted by Gasteiger charge is 2.31. The fourth-order valence-electron chi connectivity index (χ4n) is 2.87. The second-order valence-electron chi connectivity index (χ2n) is 5.19. The number of carbonyl (C=O) groups excluding carboxylic acids is 1. The number of benzene rings is 1. The maximum Gasteiger partial charge on any atom is 0.254 e. The minimum atomic E-state index is -0.0415. The van der Waals surface area contributed by atoms with Crippen LogP contribution in [0.1, 0.15) is 34.8 Å². The van der Waals surface area contributed by atoms with Crippen LogP contribution in [0, 0.1) is 0 Å². The standard InChI is InChI=1S/C16H15Cl2NO2S/c1-21-15-12(17)7-11(8-13(15)18)16(20)19-5-2-3-14(19)10-4-6-22-9-10/h4,6-9,14H,2-3,5H2,1H3. The number of hydrogen-bond acceptors (Lipinski definition) is 3. The molecular weight excluding hydrogens is 341 g/mol. The maximum atomic E-state index is 12.8. The van der Waals surface area contributed by atoms with Crippen molar-refractivity contribution in [2.75, 3.05) is 13.7 Å². The number of amides is 1. The van der Waals surface area contributed by atoms with Gasteiger partial charge in [-0.05, 0) is 47.4 Å². The summed E-state index contributed by atoms with van der Waals surface area (Å²) in [6.45, 7) is 0.751. The highest BCUT2D eigenvalue weighted by atomic mass is 35.5. The predicted octanol–water partition coefficient (Wildman–Crippen LogP) is 5.04. The van der Waals surface area contributed by atoms with E-state index >= 15 is 0 Å². The molecule has 116 valence electrons. The van der Waals surface area contributed by atoms with Gasteiger partial charge in [0, 0.05) is 12.1 Å². The van der Waals surface area contributed by atoms with Gasteiger partial charge in [0.25, 0.3) is 5.91 Å². The van der Waals surface area contributed by atoms with Gasteiger partial charge in [0.05, 0.1) is 23.2 Å². The zero-order chi connectivity index (χ0) is 15.7. The van der Waals surface area contributed by atoms with Gasteiger partial charge in [0.15, 0.2) is 5.75 Å². The summed E-state index contributed by atoms with van der Waals surface area (Å²) in [4.78, 5) is 14.7. The van der Waals surface area contributed by atoms with Crippen molar-refractivity contribution in [3.05, 3.63) is 50.1 Å². The van der Waals surface area contributed by atoms with Gasteiger partial charge >= 0.3 is 0 Å². The third-order valence-corrected chi connectivity index (χ3v) is 5.15. The molecule has 2 heterocycles. The molecule has 0 radical (unpaired) electrons. The molecule has 1 fully saturated rings. The van der Waals surface area contributed by atoms with Gasteiger partial charge in [-0.2, -0.15) is 11.3 Å². The third kappa shape index (κ3) is 2.83. The summed E-state index contributed by atoms with van der Waals surface area (Å²) in [5.41, 5.74) is 1.69. The van der Waals surface area contributed by atoms with E-state index in [2.05, 4.69) is 11.4 Å². The van der Waals surface area contributed by atoms with E-state index in [9.17, 15) is 4.79 Å². The van der Waals surface area contributed by atoms with Crippen LogP contribution in [0.3, 0.4) is 0 Å². The second kappa shape index (κ2) is 6.49. The summed E-state index contributed by atoms with van der Waals surface area (Å²) < 4.78 is 5.13. The number of carbonyl (C=O) groups is 1. The molecule has 0 spiro atoms. The summed E-state index contributed by atoms with van der Waals surface area (Å²) in [5.74, 6) is 0.357. The van der Waals surface area contributed by atoms with Crippen molar-refractivity contribution in [2.24, 2.45) is 0 Å². The quantitative estimate of drug-likeness (QED) is 0.771. The number of ether oxygens (including phenoxy) is 1. The molecule has 1 aliphatic rings. The SMILES string of the molecule is COc1c(Cl)cc(C(=O)N2CCCC2c2ccsc2)cc1Cl. The number of halogens is 2. The topological polar surface area (TPSA) is 29.5 Å². The van der Waals surface area contributed by atoms with Gasteiger partial charge in [-0.3, -0.25) is 4.79 Å². The first-order chi connectivity index (χ1) is 10.6. The fraction of sp³-hybridized carbons (Fsp3) is 0.312. The van der Waals surface area contributed by atoms with Crippen LogP contribution in [-0.4, -0.2) is 24.5 Å². The van der Waals surface area contributed by atoms with Gasteiger partial charge < -0.3 is 9.64 Å². The monoisotopic (exact) mass is 355 g/mol. The van der Waals surface area contributed by atoms with Crippen molar-refractivity contribution in [1.29, 1.82) is 0 Å². The average Bonchev–Trinajstić information content (AvgIpc) is 3.16. The van der Waals surface area contributed by atoms with E-state index in [-0.39, 0.29) is 11.9 Å². The molecular formula is C16H15Cl2NO2S. The zero-order valence-electron chi connectivity index (χ0n) is 12.0. The first-order valence-electron chi connectivity index (χ1n) is 6.98. The first kappa shape index (κ1) is 15.7. The minimum Gasteiger partial charge on any atom is -0.494 e. The molecule has 0 aliphatic carbocycles. The van der Waals surface area contributed by atoms with Crippen molar-refractivity contribution in [3.63, 3.8) is 0 Å². The first-order valence-corrected chi connectivity index (χ1v) is 8.67. The Kier molecular flexibility index (Phi) is 4.62. The lowest BCUT2D eigenvalue weighted by molar-refractivity contribution is 0.0736. The highest BCUT2D eigenvalue weighted by Crippen LogP contribution is 2.37. The normalized spacial score (nSPS) is 17.8. The summed E-state index contributed by atoms with van der Waals surface area (Å²) >= 11 is 13.9. The molecule has 1 atom stereocenters. The molecule has 1 aliphatic heterocycles. The smallest absolute Gasteiger partial charge is 0.254 e. The molecule has 1 amide bonds. The molecule has 0 N–H and O–H groups in total. The second-order valence-corrected chi connectivity index (χ2v) is 6.78. The average molecular weight is 356 g/mol. The predicted molar refractivity (Wildman–Crippen MR) is 90.3 cm³/mol. The lowest BCUT2D eigenvalue weighted by Gasteiger charge is -2.24. The largest absolute Gasteiger partial charge is 0.494 e. The molecule has 6 heteroatoms.